The molecule has 1 heterocycles. The van der Waals surface area contributed by atoms with Crippen molar-refractivity contribution in [1.29, 1.82) is 0 Å². The van der Waals surface area contributed by atoms with Crippen molar-refractivity contribution in [3.8, 4) is 0 Å². The molecule has 1 amide bonds. The maximum absolute atomic E-state index is 13.6. The summed E-state index contributed by atoms with van der Waals surface area (Å²) < 4.78 is 18.1. The monoisotopic (exact) mass is 237 g/mol. The highest BCUT2D eigenvalue weighted by atomic mass is 19.1. The topological polar surface area (TPSA) is 55.4 Å². The Kier molecular flexibility index (Phi) is 3.08. The first-order valence-electron chi connectivity index (χ1n) is 5.32. The summed E-state index contributed by atoms with van der Waals surface area (Å²) in [6.45, 7) is 0. The highest BCUT2D eigenvalue weighted by molar-refractivity contribution is 5.96. The minimum Gasteiger partial charge on any atom is -0.465 e. The van der Waals surface area contributed by atoms with Crippen LogP contribution in [0.4, 0.5) is 10.1 Å². The number of hydrogen-bond donors (Lipinski definition) is 1. The molecule has 0 aliphatic carbocycles. The van der Waals surface area contributed by atoms with Crippen molar-refractivity contribution in [2.24, 2.45) is 0 Å². The number of ether oxygens (including phenoxy) is 1. The lowest BCUT2D eigenvalue weighted by Gasteiger charge is -2.09. The molecule has 0 atom stereocenters. The number of fused-ring (bicyclic) bond motifs is 1. The highest BCUT2D eigenvalue weighted by Crippen LogP contribution is 2.25. The van der Waals surface area contributed by atoms with Crippen LogP contribution in [-0.4, -0.2) is 19.0 Å². The Hall–Kier alpha value is -1.91. The maximum atomic E-state index is 13.6. The lowest BCUT2D eigenvalue weighted by Crippen LogP contribution is -2.11. The number of amides is 1. The Bertz CT molecular complexity index is 485. The molecule has 90 valence electrons. The predicted molar refractivity (Wildman–Crippen MR) is 59.3 cm³/mol. The first-order chi connectivity index (χ1) is 8.11. The normalized spacial score (nSPS) is 14.6. The fourth-order valence-corrected chi connectivity index (χ4v) is 1.86. The van der Waals surface area contributed by atoms with E-state index in [0.717, 1.165) is 0 Å². The van der Waals surface area contributed by atoms with Crippen molar-refractivity contribution >= 4 is 17.6 Å². The molecule has 0 unspecified atom stereocenters. The summed E-state index contributed by atoms with van der Waals surface area (Å²) in [5, 5.41) is 2.66. The summed E-state index contributed by atoms with van der Waals surface area (Å²) in [5.41, 5.74) is 1.05. The van der Waals surface area contributed by atoms with Gasteiger partial charge in [0.05, 0.1) is 12.7 Å². The Morgan fingerprint density at radius 1 is 1.41 bits per heavy atom. The van der Waals surface area contributed by atoms with Crippen LogP contribution in [0.3, 0.4) is 0 Å². The summed E-state index contributed by atoms with van der Waals surface area (Å²) in [7, 11) is 1.19. The van der Waals surface area contributed by atoms with E-state index in [9.17, 15) is 14.0 Å². The molecule has 0 spiro atoms. The van der Waals surface area contributed by atoms with Gasteiger partial charge in [-0.25, -0.2) is 9.18 Å². The van der Waals surface area contributed by atoms with Crippen LogP contribution in [0.2, 0.25) is 0 Å². The summed E-state index contributed by atoms with van der Waals surface area (Å²) >= 11 is 0. The number of carbonyl (C=O) groups is 2. The zero-order valence-electron chi connectivity index (χ0n) is 9.38. The second-order valence-electron chi connectivity index (χ2n) is 3.88. The van der Waals surface area contributed by atoms with Crippen LogP contribution >= 0.6 is 0 Å². The van der Waals surface area contributed by atoms with Crippen molar-refractivity contribution < 1.29 is 18.7 Å². The Balaban J connectivity index is 2.46. The van der Waals surface area contributed by atoms with Gasteiger partial charge in [0.2, 0.25) is 5.91 Å². The molecule has 0 saturated heterocycles. The average molecular weight is 237 g/mol. The number of halogens is 1. The summed E-state index contributed by atoms with van der Waals surface area (Å²) in [4.78, 5) is 22.7. The number of esters is 1. The van der Waals surface area contributed by atoms with E-state index in [4.69, 9.17) is 0 Å². The number of anilines is 1. The largest absolute Gasteiger partial charge is 0.465 e. The third-order valence-corrected chi connectivity index (χ3v) is 2.72. The molecule has 1 aromatic rings. The predicted octanol–water partition coefficient (Wildman–Crippen LogP) is 1.89. The number of carbonyl (C=O) groups excluding carboxylic acids is 2. The van der Waals surface area contributed by atoms with Crippen LogP contribution in [0.5, 0.6) is 0 Å². The van der Waals surface area contributed by atoms with Gasteiger partial charge in [0.25, 0.3) is 0 Å². The number of rotatable bonds is 1. The second-order valence-corrected chi connectivity index (χ2v) is 3.88. The third kappa shape index (κ3) is 2.27. The van der Waals surface area contributed by atoms with Gasteiger partial charge in [-0.15, -0.1) is 0 Å². The number of nitrogens with one attached hydrogen (secondary N) is 1. The molecule has 0 aromatic heterocycles. The summed E-state index contributed by atoms with van der Waals surface area (Å²) in [6, 6.07) is 2.62. The standard InChI is InChI=1S/C12H12FNO3/c1-17-12(16)8-6-10-7(5-9(8)13)3-2-4-11(15)14-10/h5-6H,2-4H2,1H3,(H,14,15). The van der Waals surface area contributed by atoms with Crippen LogP contribution in [0.1, 0.15) is 28.8 Å². The number of benzene rings is 1. The molecular weight excluding hydrogens is 225 g/mol. The third-order valence-electron chi connectivity index (χ3n) is 2.72. The van der Waals surface area contributed by atoms with Crippen molar-refractivity contribution in [2.45, 2.75) is 19.3 Å². The zero-order valence-corrected chi connectivity index (χ0v) is 9.38. The van der Waals surface area contributed by atoms with E-state index in [1.165, 1.54) is 19.2 Å². The smallest absolute Gasteiger partial charge is 0.340 e. The molecule has 0 bridgehead atoms. The summed E-state index contributed by atoms with van der Waals surface area (Å²) in [6.07, 6.45) is 1.70. The van der Waals surface area contributed by atoms with Crippen LogP contribution in [0.25, 0.3) is 0 Å². The first-order valence-corrected chi connectivity index (χ1v) is 5.32. The minimum absolute atomic E-state index is 0.119. The van der Waals surface area contributed by atoms with Gasteiger partial charge in [0.15, 0.2) is 0 Å². The molecule has 0 fully saturated rings. The molecule has 2 rings (SSSR count). The van der Waals surface area contributed by atoms with Gasteiger partial charge < -0.3 is 10.1 Å². The maximum Gasteiger partial charge on any atom is 0.340 e. The van der Waals surface area contributed by atoms with Crippen LogP contribution in [0, 0.1) is 5.82 Å². The van der Waals surface area contributed by atoms with Crippen molar-refractivity contribution in [3.05, 3.63) is 29.1 Å². The second kappa shape index (κ2) is 4.53. The van der Waals surface area contributed by atoms with E-state index in [1.807, 2.05) is 0 Å². The van der Waals surface area contributed by atoms with Crippen molar-refractivity contribution in [2.75, 3.05) is 12.4 Å². The zero-order chi connectivity index (χ0) is 12.4. The quantitative estimate of drug-likeness (QED) is 0.759. The van der Waals surface area contributed by atoms with Crippen LogP contribution < -0.4 is 5.32 Å². The molecule has 5 heteroatoms. The highest BCUT2D eigenvalue weighted by Gasteiger charge is 2.19. The average Bonchev–Trinajstić information content (AvgIpc) is 2.48. The van der Waals surface area contributed by atoms with Gasteiger partial charge >= 0.3 is 5.97 Å². The van der Waals surface area contributed by atoms with E-state index in [0.29, 0.717) is 30.5 Å². The molecule has 1 aliphatic rings. The number of hydrogen-bond acceptors (Lipinski definition) is 3. The van der Waals surface area contributed by atoms with E-state index < -0.39 is 11.8 Å². The van der Waals surface area contributed by atoms with Crippen molar-refractivity contribution in [3.63, 3.8) is 0 Å². The summed E-state index contributed by atoms with van der Waals surface area (Å²) in [5.74, 6) is -1.48. The molecule has 0 saturated carbocycles. The lowest BCUT2D eigenvalue weighted by atomic mass is 10.0. The molecule has 0 radical (unpaired) electrons. The van der Waals surface area contributed by atoms with E-state index in [2.05, 4.69) is 10.1 Å². The lowest BCUT2D eigenvalue weighted by molar-refractivity contribution is -0.116. The Labute approximate surface area is 97.8 Å². The first kappa shape index (κ1) is 11.6. The molecular formula is C12H12FNO3. The van der Waals surface area contributed by atoms with Gasteiger partial charge in [-0.3, -0.25) is 4.79 Å². The van der Waals surface area contributed by atoms with E-state index in [-0.39, 0.29) is 11.5 Å². The number of aryl methyl sites for hydroxylation is 1. The van der Waals surface area contributed by atoms with Gasteiger partial charge in [0, 0.05) is 12.1 Å². The fourth-order valence-electron chi connectivity index (χ4n) is 1.86. The molecule has 1 aliphatic heterocycles. The minimum atomic E-state index is -0.746. The number of methoxy groups -OCH3 is 1. The van der Waals surface area contributed by atoms with Gasteiger partial charge in [0.1, 0.15) is 5.82 Å². The van der Waals surface area contributed by atoms with Gasteiger partial charge in [-0.2, -0.15) is 0 Å². The van der Waals surface area contributed by atoms with Crippen LogP contribution in [0.15, 0.2) is 12.1 Å². The molecule has 17 heavy (non-hydrogen) atoms. The van der Waals surface area contributed by atoms with Crippen molar-refractivity contribution in [1.82, 2.24) is 0 Å². The van der Waals surface area contributed by atoms with E-state index in [1.54, 1.807) is 0 Å². The Morgan fingerprint density at radius 3 is 2.88 bits per heavy atom. The SMILES string of the molecule is COC(=O)c1cc2c(cc1F)CCCC(=O)N2. The van der Waals surface area contributed by atoms with Gasteiger partial charge in [-0.1, -0.05) is 0 Å². The van der Waals surface area contributed by atoms with Crippen LogP contribution in [-0.2, 0) is 16.0 Å². The fraction of sp³-hybridized carbons (Fsp3) is 0.333. The molecule has 1 N–H and O–H groups in total. The van der Waals surface area contributed by atoms with E-state index >= 15 is 0 Å². The Morgan fingerprint density at radius 2 is 2.18 bits per heavy atom. The molecule has 1 aromatic carbocycles. The van der Waals surface area contributed by atoms with Gasteiger partial charge in [-0.05, 0) is 30.5 Å². The molecule has 4 nitrogen and oxygen atoms in total.